The number of hydrogen-bond acceptors (Lipinski definition) is 2. The Kier molecular flexibility index (Phi) is 4.04. The topological polar surface area (TPSA) is 26.3 Å². The predicted molar refractivity (Wildman–Crippen MR) is 40.5 cm³/mol. The molecule has 0 aromatic rings. The van der Waals surface area contributed by atoms with E-state index >= 15 is 0 Å². The molecular formula is C6H12O2Si. The fourth-order valence-electron chi connectivity index (χ4n) is 0.377. The summed E-state index contributed by atoms with van der Waals surface area (Å²) in [6, 6.07) is 0.804. The van der Waals surface area contributed by atoms with Gasteiger partial charge in [0.25, 0.3) is 0 Å². The number of rotatable bonds is 3. The minimum atomic E-state index is -0.243. The van der Waals surface area contributed by atoms with Gasteiger partial charge in [0.2, 0.25) is 0 Å². The molecule has 0 N–H and O–H groups in total. The van der Waals surface area contributed by atoms with Crippen molar-refractivity contribution in [1.82, 2.24) is 0 Å². The Morgan fingerprint density at radius 2 is 2.33 bits per heavy atom. The van der Waals surface area contributed by atoms with E-state index in [1.54, 1.807) is 6.92 Å². The molecule has 0 atom stereocenters. The Morgan fingerprint density at radius 3 is 2.67 bits per heavy atom. The molecule has 0 spiro atoms. The third kappa shape index (κ3) is 3.08. The standard InChI is InChI=1S/C6H12O2Si/c1-3-8-6(7)5(2)4-9/h2-4H2,1,9H3. The van der Waals surface area contributed by atoms with Crippen LogP contribution in [-0.4, -0.2) is 22.8 Å². The maximum Gasteiger partial charge on any atom is 0.333 e. The van der Waals surface area contributed by atoms with Crippen molar-refractivity contribution in [2.75, 3.05) is 6.61 Å². The van der Waals surface area contributed by atoms with Crippen LogP contribution in [-0.2, 0) is 9.53 Å². The lowest BCUT2D eigenvalue weighted by molar-refractivity contribution is -0.138. The number of carbonyl (C=O) groups excluding carboxylic acids is 1. The highest BCUT2D eigenvalue weighted by atomic mass is 28.1. The molecule has 0 aliphatic heterocycles. The molecule has 0 heterocycles. The largest absolute Gasteiger partial charge is 0.463 e. The Labute approximate surface area is 58.3 Å². The van der Waals surface area contributed by atoms with Gasteiger partial charge in [0.05, 0.1) is 6.61 Å². The van der Waals surface area contributed by atoms with E-state index in [0.717, 1.165) is 16.3 Å². The molecule has 3 heteroatoms. The molecule has 0 bridgehead atoms. The van der Waals surface area contributed by atoms with E-state index in [1.165, 1.54) is 0 Å². The lowest BCUT2D eigenvalue weighted by Crippen LogP contribution is -2.05. The van der Waals surface area contributed by atoms with E-state index in [2.05, 4.69) is 11.3 Å². The lowest BCUT2D eigenvalue weighted by atomic mass is 10.4. The van der Waals surface area contributed by atoms with Gasteiger partial charge in [0.1, 0.15) is 0 Å². The van der Waals surface area contributed by atoms with Crippen LogP contribution in [0, 0.1) is 0 Å². The van der Waals surface area contributed by atoms with Crippen LogP contribution in [0.15, 0.2) is 12.2 Å². The highest BCUT2D eigenvalue weighted by Gasteiger charge is 2.02. The summed E-state index contributed by atoms with van der Waals surface area (Å²) < 4.78 is 4.68. The second-order valence-corrected chi connectivity index (χ2v) is 2.38. The molecule has 0 aromatic carbocycles. The molecule has 0 unspecified atom stereocenters. The number of esters is 1. The molecule has 0 radical (unpaired) electrons. The predicted octanol–water partition coefficient (Wildman–Crippen LogP) is -0.111. The zero-order chi connectivity index (χ0) is 7.28. The Bertz CT molecular complexity index is 120. The second-order valence-electron chi connectivity index (χ2n) is 1.68. The summed E-state index contributed by atoms with van der Waals surface area (Å²) in [6.45, 7) is 5.79. The van der Waals surface area contributed by atoms with Gasteiger partial charge in [-0.3, -0.25) is 0 Å². The van der Waals surface area contributed by atoms with Crippen LogP contribution in [0.1, 0.15) is 6.92 Å². The SMILES string of the molecule is C=C(C[SiH3])C(=O)OCC. The van der Waals surface area contributed by atoms with Gasteiger partial charge in [-0.15, -0.1) is 0 Å². The van der Waals surface area contributed by atoms with Crippen LogP contribution in [0.3, 0.4) is 0 Å². The Balaban J connectivity index is 3.60. The summed E-state index contributed by atoms with van der Waals surface area (Å²) >= 11 is 0. The van der Waals surface area contributed by atoms with Crippen molar-refractivity contribution in [3.8, 4) is 0 Å². The molecule has 0 saturated carbocycles. The smallest absolute Gasteiger partial charge is 0.333 e. The van der Waals surface area contributed by atoms with Gasteiger partial charge in [-0.1, -0.05) is 6.58 Å². The first-order chi connectivity index (χ1) is 4.22. The van der Waals surface area contributed by atoms with Crippen molar-refractivity contribution in [2.45, 2.75) is 13.0 Å². The average molecular weight is 144 g/mol. The zero-order valence-corrected chi connectivity index (χ0v) is 7.94. The van der Waals surface area contributed by atoms with Gasteiger partial charge in [-0.25, -0.2) is 4.79 Å². The van der Waals surface area contributed by atoms with Gasteiger partial charge in [0.15, 0.2) is 0 Å². The number of hydrogen-bond donors (Lipinski definition) is 0. The summed E-state index contributed by atoms with van der Waals surface area (Å²) in [5, 5.41) is 0. The minimum absolute atomic E-state index is 0.243. The van der Waals surface area contributed by atoms with Gasteiger partial charge in [-0.05, 0) is 13.0 Å². The molecule has 0 rings (SSSR count). The summed E-state index contributed by atoms with van der Waals surface area (Å²) in [7, 11) is 0.977. The van der Waals surface area contributed by atoms with Crippen LogP contribution < -0.4 is 0 Å². The van der Waals surface area contributed by atoms with E-state index in [9.17, 15) is 4.79 Å². The fourth-order valence-corrected chi connectivity index (χ4v) is 0.666. The summed E-state index contributed by atoms with van der Waals surface area (Å²) in [5.74, 6) is -0.243. The fraction of sp³-hybridized carbons (Fsp3) is 0.500. The van der Waals surface area contributed by atoms with Crippen molar-refractivity contribution in [3.05, 3.63) is 12.2 Å². The summed E-state index contributed by atoms with van der Waals surface area (Å²) in [6.07, 6.45) is 0. The van der Waals surface area contributed by atoms with Crippen LogP contribution in [0.25, 0.3) is 0 Å². The van der Waals surface area contributed by atoms with E-state index in [1.807, 2.05) is 0 Å². The van der Waals surface area contributed by atoms with Crippen LogP contribution in [0.2, 0.25) is 6.04 Å². The van der Waals surface area contributed by atoms with E-state index < -0.39 is 0 Å². The first-order valence-electron chi connectivity index (χ1n) is 3.07. The maximum absolute atomic E-state index is 10.7. The van der Waals surface area contributed by atoms with Crippen LogP contribution >= 0.6 is 0 Å². The molecule has 0 aromatic heterocycles. The molecule has 2 nitrogen and oxygen atoms in total. The first kappa shape index (κ1) is 8.43. The quantitative estimate of drug-likeness (QED) is 0.314. The van der Waals surface area contributed by atoms with Crippen molar-refractivity contribution in [2.24, 2.45) is 0 Å². The van der Waals surface area contributed by atoms with E-state index in [4.69, 9.17) is 0 Å². The molecule has 0 amide bonds. The number of ether oxygens (including phenoxy) is 1. The Hall–Kier alpha value is -0.573. The highest BCUT2D eigenvalue weighted by molar-refractivity contribution is 6.14. The first-order valence-corrected chi connectivity index (χ1v) is 4.48. The molecule has 0 saturated heterocycles. The third-order valence-corrected chi connectivity index (χ3v) is 1.84. The molecule has 9 heavy (non-hydrogen) atoms. The van der Waals surface area contributed by atoms with Gasteiger partial charge in [0, 0.05) is 15.8 Å². The summed E-state index contributed by atoms with van der Waals surface area (Å²) in [4.78, 5) is 10.7. The van der Waals surface area contributed by atoms with Crippen molar-refractivity contribution < 1.29 is 9.53 Å². The average Bonchev–Trinajstić information content (AvgIpc) is 1.87. The molecule has 52 valence electrons. The van der Waals surface area contributed by atoms with Crippen LogP contribution in [0.4, 0.5) is 0 Å². The third-order valence-electron chi connectivity index (χ3n) is 0.991. The van der Waals surface area contributed by atoms with Gasteiger partial charge < -0.3 is 4.74 Å². The Morgan fingerprint density at radius 1 is 1.78 bits per heavy atom. The van der Waals surface area contributed by atoms with Gasteiger partial charge in [-0.2, -0.15) is 0 Å². The molecular weight excluding hydrogens is 132 g/mol. The zero-order valence-electron chi connectivity index (χ0n) is 5.94. The van der Waals surface area contributed by atoms with Gasteiger partial charge >= 0.3 is 5.97 Å². The highest BCUT2D eigenvalue weighted by Crippen LogP contribution is 1.97. The molecule has 0 aliphatic rings. The summed E-state index contributed by atoms with van der Waals surface area (Å²) in [5.41, 5.74) is 0.600. The minimum Gasteiger partial charge on any atom is -0.463 e. The molecule has 0 aliphatic carbocycles. The van der Waals surface area contributed by atoms with Crippen molar-refractivity contribution in [3.63, 3.8) is 0 Å². The normalized spacial score (nSPS) is 9.00. The van der Waals surface area contributed by atoms with Crippen molar-refractivity contribution >= 4 is 16.2 Å². The van der Waals surface area contributed by atoms with Crippen molar-refractivity contribution in [1.29, 1.82) is 0 Å². The number of carbonyl (C=O) groups is 1. The monoisotopic (exact) mass is 144 g/mol. The van der Waals surface area contributed by atoms with E-state index in [-0.39, 0.29) is 5.97 Å². The van der Waals surface area contributed by atoms with Crippen LogP contribution in [0.5, 0.6) is 0 Å². The maximum atomic E-state index is 10.7. The van der Waals surface area contributed by atoms with E-state index in [0.29, 0.717) is 12.2 Å². The second kappa shape index (κ2) is 4.32. The lowest BCUT2D eigenvalue weighted by Gasteiger charge is -1.99. The molecule has 0 fully saturated rings.